The highest BCUT2D eigenvalue weighted by atomic mass is 19.1. The number of methoxy groups -OCH3 is 1. The normalized spacial score (nSPS) is 20.8. The zero-order chi connectivity index (χ0) is 16.5. The van der Waals surface area contributed by atoms with Crippen molar-refractivity contribution in [1.29, 1.82) is 0 Å². The van der Waals surface area contributed by atoms with Crippen molar-refractivity contribution in [1.82, 2.24) is 4.90 Å². The maximum absolute atomic E-state index is 13.8. The van der Waals surface area contributed by atoms with Gasteiger partial charge in [-0.15, -0.1) is 0 Å². The van der Waals surface area contributed by atoms with Crippen LogP contribution in [0.25, 0.3) is 0 Å². The molecule has 0 saturated carbocycles. The third kappa shape index (κ3) is 2.95. The Kier molecular flexibility index (Phi) is 4.20. The molecular formula is C14H16F2N2O4. The first-order chi connectivity index (χ1) is 10.3. The first kappa shape index (κ1) is 16.0. The molecule has 2 rings (SSSR count). The van der Waals surface area contributed by atoms with Gasteiger partial charge in [-0.3, -0.25) is 4.79 Å². The fraction of sp³-hybridized carbons (Fsp3) is 0.429. The Balaban J connectivity index is 2.11. The molecule has 0 spiro atoms. The van der Waals surface area contributed by atoms with Gasteiger partial charge < -0.3 is 20.1 Å². The summed E-state index contributed by atoms with van der Waals surface area (Å²) in [7, 11) is 1.20. The van der Waals surface area contributed by atoms with Crippen molar-refractivity contribution in [3.05, 3.63) is 23.8 Å². The van der Waals surface area contributed by atoms with Crippen LogP contribution in [0.4, 0.5) is 19.3 Å². The predicted octanol–water partition coefficient (Wildman–Crippen LogP) is 2.30. The van der Waals surface area contributed by atoms with Gasteiger partial charge in [0, 0.05) is 25.2 Å². The summed E-state index contributed by atoms with van der Waals surface area (Å²) in [5.41, 5.74) is -1.35. The van der Waals surface area contributed by atoms with E-state index in [0.717, 1.165) is 12.1 Å². The van der Waals surface area contributed by atoms with Crippen LogP contribution in [0.5, 0.6) is 5.75 Å². The van der Waals surface area contributed by atoms with Crippen molar-refractivity contribution in [2.45, 2.75) is 13.3 Å². The second kappa shape index (κ2) is 5.78. The molecule has 0 aromatic heterocycles. The number of anilines is 1. The van der Waals surface area contributed by atoms with Crippen molar-refractivity contribution in [2.75, 3.05) is 25.5 Å². The van der Waals surface area contributed by atoms with E-state index in [9.17, 15) is 18.4 Å². The van der Waals surface area contributed by atoms with Crippen molar-refractivity contribution in [2.24, 2.45) is 5.41 Å². The van der Waals surface area contributed by atoms with E-state index in [2.05, 4.69) is 10.1 Å². The van der Waals surface area contributed by atoms with Gasteiger partial charge in [0.15, 0.2) is 17.4 Å². The van der Waals surface area contributed by atoms with Gasteiger partial charge >= 0.3 is 12.0 Å². The summed E-state index contributed by atoms with van der Waals surface area (Å²) >= 11 is 0. The van der Waals surface area contributed by atoms with Crippen LogP contribution in [0.2, 0.25) is 0 Å². The molecule has 22 heavy (non-hydrogen) atoms. The molecule has 2 N–H and O–H groups in total. The minimum Gasteiger partial charge on any atom is -0.494 e. The van der Waals surface area contributed by atoms with E-state index in [1.807, 2.05) is 0 Å². The largest absolute Gasteiger partial charge is 0.494 e. The number of benzene rings is 1. The number of carbonyl (C=O) groups excluding carboxylic acids is 1. The van der Waals surface area contributed by atoms with Gasteiger partial charge in [0.05, 0.1) is 18.2 Å². The Bertz CT molecular complexity index is 623. The standard InChI is InChI=1S/C14H16F2N2O4/c1-14(12(19)20)3-4-18(7-14)13(21)17-10-5-9(16)11(22-2)6-8(10)15/h5-6H,3-4,7H2,1-2H3,(H,17,21)(H,19,20). The molecule has 1 aliphatic heterocycles. The Hall–Kier alpha value is -2.38. The Morgan fingerprint density at radius 1 is 1.36 bits per heavy atom. The lowest BCUT2D eigenvalue weighted by Crippen LogP contribution is -2.37. The molecule has 0 aliphatic carbocycles. The smallest absolute Gasteiger partial charge is 0.321 e. The van der Waals surface area contributed by atoms with Gasteiger partial charge in [0.25, 0.3) is 0 Å². The maximum atomic E-state index is 13.8. The topological polar surface area (TPSA) is 78.9 Å². The Labute approximate surface area is 125 Å². The van der Waals surface area contributed by atoms with Crippen LogP contribution < -0.4 is 10.1 Å². The fourth-order valence-corrected chi connectivity index (χ4v) is 2.28. The van der Waals surface area contributed by atoms with Crippen LogP contribution >= 0.6 is 0 Å². The number of nitrogens with zero attached hydrogens (tertiary/aromatic N) is 1. The number of nitrogens with one attached hydrogen (secondary N) is 1. The van der Waals surface area contributed by atoms with Crippen LogP contribution in [0.3, 0.4) is 0 Å². The van der Waals surface area contributed by atoms with Crippen molar-refractivity contribution >= 4 is 17.7 Å². The van der Waals surface area contributed by atoms with Crippen LogP contribution in [0.15, 0.2) is 12.1 Å². The molecule has 1 atom stereocenters. The minimum atomic E-state index is -1.03. The average Bonchev–Trinajstić information content (AvgIpc) is 2.86. The summed E-state index contributed by atoms with van der Waals surface area (Å²) < 4.78 is 32.0. The summed E-state index contributed by atoms with van der Waals surface area (Å²) in [6, 6.07) is 0.975. The number of likely N-dealkylation sites (tertiary alicyclic amines) is 1. The maximum Gasteiger partial charge on any atom is 0.321 e. The third-order valence-corrected chi connectivity index (χ3v) is 3.76. The molecule has 6 nitrogen and oxygen atoms in total. The lowest BCUT2D eigenvalue weighted by Gasteiger charge is -2.20. The molecule has 1 fully saturated rings. The highest BCUT2D eigenvalue weighted by Crippen LogP contribution is 2.31. The molecular weight excluding hydrogens is 298 g/mol. The molecule has 1 heterocycles. The first-order valence-corrected chi connectivity index (χ1v) is 6.59. The molecule has 0 bridgehead atoms. The fourth-order valence-electron chi connectivity index (χ4n) is 2.28. The molecule has 1 aromatic carbocycles. The summed E-state index contributed by atoms with van der Waals surface area (Å²) in [5, 5.41) is 11.4. The molecule has 1 aliphatic rings. The summed E-state index contributed by atoms with van der Waals surface area (Å²) in [5.74, 6) is -2.91. The second-order valence-corrected chi connectivity index (χ2v) is 5.43. The van der Waals surface area contributed by atoms with E-state index >= 15 is 0 Å². The lowest BCUT2D eigenvalue weighted by atomic mass is 9.90. The number of urea groups is 1. The molecule has 0 radical (unpaired) electrons. The summed E-state index contributed by atoms with van der Waals surface area (Å²) in [6.45, 7) is 1.78. The molecule has 1 saturated heterocycles. The highest BCUT2D eigenvalue weighted by Gasteiger charge is 2.42. The summed E-state index contributed by atoms with van der Waals surface area (Å²) in [4.78, 5) is 24.4. The number of amides is 2. The number of carbonyl (C=O) groups is 2. The van der Waals surface area contributed by atoms with E-state index in [1.54, 1.807) is 0 Å². The predicted molar refractivity (Wildman–Crippen MR) is 73.9 cm³/mol. The quantitative estimate of drug-likeness (QED) is 0.897. The molecule has 1 aromatic rings. The SMILES string of the molecule is COc1cc(F)c(NC(=O)N2CCC(C)(C(=O)O)C2)cc1F. The van der Waals surface area contributed by atoms with Gasteiger partial charge in [-0.2, -0.15) is 0 Å². The van der Waals surface area contributed by atoms with E-state index in [4.69, 9.17) is 5.11 Å². The summed E-state index contributed by atoms with van der Waals surface area (Å²) in [6.07, 6.45) is 0.301. The molecule has 1 unspecified atom stereocenters. The second-order valence-electron chi connectivity index (χ2n) is 5.43. The zero-order valence-corrected chi connectivity index (χ0v) is 12.2. The van der Waals surface area contributed by atoms with E-state index in [-0.39, 0.29) is 24.5 Å². The lowest BCUT2D eigenvalue weighted by molar-refractivity contribution is -0.146. The van der Waals surface area contributed by atoms with Crippen molar-refractivity contribution in [3.63, 3.8) is 0 Å². The Morgan fingerprint density at radius 2 is 2.05 bits per heavy atom. The van der Waals surface area contributed by atoms with E-state index < -0.39 is 29.0 Å². The van der Waals surface area contributed by atoms with Gasteiger partial charge in [0.2, 0.25) is 0 Å². The molecule has 2 amide bonds. The molecule has 8 heteroatoms. The minimum absolute atomic E-state index is 0.00836. The van der Waals surface area contributed by atoms with E-state index in [1.165, 1.54) is 18.9 Å². The first-order valence-electron chi connectivity index (χ1n) is 6.59. The van der Waals surface area contributed by atoms with Crippen LogP contribution in [-0.4, -0.2) is 42.2 Å². The number of rotatable bonds is 3. The highest BCUT2D eigenvalue weighted by molar-refractivity contribution is 5.90. The number of carboxylic acids is 1. The van der Waals surface area contributed by atoms with Crippen LogP contribution in [-0.2, 0) is 4.79 Å². The van der Waals surface area contributed by atoms with Gasteiger partial charge in [-0.05, 0) is 13.3 Å². The third-order valence-electron chi connectivity index (χ3n) is 3.76. The van der Waals surface area contributed by atoms with Gasteiger partial charge in [-0.25, -0.2) is 13.6 Å². The van der Waals surface area contributed by atoms with Gasteiger partial charge in [-0.1, -0.05) is 0 Å². The van der Waals surface area contributed by atoms with Crippen LogP contribution in [0, 0.1) is 17.0 Å². The number of ether oxygens (including phenoxy) is 1. The number of halogens is 2. The Morgan fingerprint density at radius 3 is 2.59 bits per heavy atom. The van der Waals surface area contributed by atoms with Crippen LogP contribution in [0.1, 0.15) is 13.3 Å². The molecule has 120 valence electrons. The number of hydrogen-bond acceptors (Lipinski definition) is 3. The monoisotopic (exact) mass is 314 g/mol. The number of hydrogen-bond donors (Lipinski definition) is 2. The van der Waals surface area contributed by atoms with Crippen molar-refractivity contribution in [3.8, 4) is 5.75 Å². The van der Waals surface area contributed by atoms with E-state index in [0.29, 0.717) is 6.42 Å². The number of aliphatic carboxylic acids is 1. The number of carboxylic acid groups (broad SMARTS) is 1. The van der Waals surface area contributed by atoms with Crippen molar-refractivity contribution < 1.29 is 28.2 Å². The van der Waals surface area contributed by atoms with Gasteiger partial charge in [0.1, 0.15) is 0 Å². The average molecular weight is 314 g/mol. The zero-order valence-electron chi connectivity index (χ0n) is 12.2.